The van der Waals surface area contributed by atoms with Crippen molar-refractivity contribution in [3.8, 4) is 0 Å². The van der Waals surface area contributed by atoms with Gasteiger partial charge in [-0.2, -0.15) is 0 Å². The fourth-order valence-electron chi connectivity index (χ4n) is 1.78. The molecule has 0 radical (unpaired) electrons. The van der Waals surface area contributed by atoms with Crippen LogP contribution in [0.5, 0.6) is 0 Å². The number of anilines is 1. The highest BCUT2D eigenvalue weighted by molar-refractivity contribution is 6.31. The average molecular weight is 322 g/mol. The Bertz CT molecular complexity index is 721. The predicted octanol–water partition coefficient (Wildman–Crippen LogP) is 3.04. The number of carbonyl (C=O) groups excluding carboxylic acids is 1. The number of hydrogen-bond donors (Lipinski definition) is 1. The van der Waals surface area contributed by atoms with Crippen LogP contribution in [0.4, 0.5) is 11.5 Å². The molecule has 22 heavy (non-hydrogen) atoms. The van der Waals surface area contributed by atoms with Gasteiger partial charge in [0.2, 0.25) is 5.82 Å². The molecule has 1 N–H and O–H groups in total. The second kappa shape index (κ2) is 6.86. The minimum Gasteiger partial charge on any atom is -0.465 e. The van der Waals surface area contributed by atoms with Crippen LogP contribution in [0.2, 0.25) is 5.02 Å². The van der Waals surface area contributed by atoms with E-state index in [2.05, 4.69) is 15.0 Å². The maximum absolute atomic E-state index is 11.4. The second-order valence-corrected chi connectivity index (χ2v) is 4.69. The second-order valence-electron chi connectivity index (χ2n) is 4.29. The van der Waals surface area contributed by atoms with Crippen molar-refractivity contribution < 1.29 is 14.5 Å². The normalized spacial score (nSPS) is 10.1. The number of hydrogen-bond acceptors (Lipinski definition) is 6. The number of aromatic nitrogens is 1. The lowest BCUT2D eigenvalue weighted by Crippen LogP contribution is -2.08. The Balaban J connectivity index is 2.25. The molecule has 0 aliphatic heterocycles. The summed E-state index contributed by atoms with van der Waals surface area (Å²) < 4.78 is 4.52. The number of halogens is 1. The van der Waals surface area contributed by atoms with Gasteiger partial charge in [-0.3, -0.25) is 10.1 Å². The molecule has 0 spiro atoms. The number of nitrogens with zero attached hydrogens (tertiary/aromatic N) is 2. The summed E-state index contributed by atoms with van der Waals surface area (Å²) in [5.74, 6) is -0.633. The Morgan fingerprint density at radius 2 is 2.18 bits per heavy atom. The van der Waals surface area contributed by atoms with E-state index in [9.17, 15) is 14.9 Å². The first kappa shape index (κ1) is 15.7. The number of nitro groups is 1. The number of nitrogens with one attached hydrogen (secondary N) is 1. The van der Waals surface area contributed by atoms with Gasteiger partial charge in [0.25, 0.3) is 0 Å². The number of ether oxygens (including phenoxy) is 1. The van der Waals surface area contributed by atoms with Gasteiger partial charge in [-0.25, -0.2) is 9.78 Å². The molecule has 0 aliphatic carbocycles. The number of benzene rings is 1. The van der Waals surface area contributed by atoms with Gasteiger partial charge in [0.15, 0.2) is 0 Å². The van der Waals surface area contributed by atoms with Crippen LogP contribution in [0.25, 0.3) is 0 Å². The third kappa shape index (κ3) is 3.50. The molecule has 8 heteroatoms. The largest absolute Gasteiger partial charge is 0.465 e. The predicted molar refractivity (Wildman–Crippen MR) is 81.0 cm³/mol. The molecule has 0 bridgehead atoms. The zero-order valence-electron chi connectivity index (χ0n) is 11.6. The Labute approximate surface area is 131 Å². The standard InChI is InChI=1S/C14H12ClN3O4/c1-22-14(19)10-6-12(18(20)21)13(17-8-10)16-7-9-4-2-3-5-11(9)15/h2-6,8H,7H2,1H3,(H,16,17). The van der Waals surface area contributed by atoms with Crippen molar-refractivity contribution in [3.05, 3.63) is 62.8 Å². The van der Waals surface area contributed by atoms with E-state index >= 15 is 0 Å². The van der Waals surface area contributed by atoms with Crippen LogP contribution in [-0.4, -0.2) is 23.0 Å². The van der Waals surface area contributed by atoms with Crippen LogP contribution in [0.3, 0.4) is 0 Å². The Hall–Kier alpha value is -2.67. The lowest BCUT2D eigenvalue weighted by Gasteiger charge is -2.08. The molecular weight excluding hydrogens is 310 g/mol. The van der Waals surface area contributed by atoms with Gasteiger partial charge in [0, 0.05) is 23.8 Å². The fraction of sp³-hybridized carbons (Fsp3) is 0.143. The van der Waals surface area contributed by atoms with Gasteiger partial charge in [-0.05, 0) is 11.6 Å². The summed E-state index contributed by atoms with van der Waals surface area (Å²) in [7, 11) is 1.19. The van der Waals surface area contributed by atoms with Crippen LogP contribution < -0.4 is 5.32 Å². The molecule has 2 aromatic rings. The monoisotopic (exact) mass is 321 g/mol. The molecule has 2 rings (SSSR count). The number of esters is 1. The first-order valence-corrected chi connectivity index (χ1v) is 6.60. The van der Waals surface area contributed by atoms with Crippen molar-refractivity contribution in [2.45, 2.75) is 6.54 Å². The highest BCUT2D eigenvalue weighted by Gasteiger charge is 2.19. The Kier molecular flexibility index (Phi) is 4.90. The van der Waals surface area contributed by atoms with Crippen molar-refractivity contribution >= 4 is 29.1 Å². The highest BCUT2D eigenvalue weighted by atomic mass is 35.5. The number of methoxy groups -OCH3 is 1. The van der Waals surface area contributed by atoms with Crippen molar-refractivity contribution in [1.29, 1.82) is 0 Å². The summed E-state index contributed by atoms with van der Waals surface area (Å²) in [5, 5.41) is 14.5. The van der Waals surface area contributed by atoms with Crippen LogP contribution in [0.15, 0.2) is 36.5 Å². The van der Waals surface area contributed by atoms with Crippen LogP contribution in [0, 0.1) is 10.1 Å². The molecule has 7 nitrogen and oxygen atoms in total. The topological polar surface area (TPSA) is 94.4 Å². The average Bonchev–Trinajstić information content (AvgIpc) is 2.53. The van der Waals surface area contributed by atoms with E-state index in [0.717, 1.165) is 11.6 Å². The summed E-state index contributed by atoms with van der Waals surface area (Å²) in [6.07, 6.45) is 1.22. The van der Waals surface area contributed by atoms with Crippen molar-refractivity contribution in [2.24, 2.45) is 0 Å². The smallest absolute Gasteiger partial charge is 0.339 e. The van der Waals surface area contributed by atoms with Crippen molar-refractivity contribution in [3.63, 3.8) is 0 Å². The van der Waals surface area contributed by atoms with Gasteiger partial charge >= 0.3 is 11.7 Å². The first-order valence-electron chi connectivity index (χ1n) is 6.23. The summed E-state index contributed by atoms with van der Waals surface area (Å²) in [6.45, 7) is 0.269. The van der Waals surface area contributed by atoms with Crippen molar-refractivity contribution in [2.75, 3.05) is 12.4 Å². The maximum Gasteiger partial charge on any atom is 0.339 e. The lowest BCUT2D eigenvalue weighted by atomic mass is 10.2. The van der Waals surface area contributed by atoms with Crippen LogP contribution in [0.1, 0.15) is 15.9 Å². The van der Waals surface area contributed by atoms with Crippen LogP contribution in [-0.2, 0) is 11.3 Å². The van der Waals surface area contributed by atoms with E-state index < -0.39 is 10.9 Å². The summed E-state index contributed by atoms with van der Waals surface area (Å²) in [6, 6.07) is 8.24. The third-order valence-electron chi connectivity index (χ3n) is 2.89. The minimum atomic E-state index is -0.687. The molecule has 0 aliphatic rings. The molecule has 1 aromatic heterocycles. The molecule has 0 fully saturated rings. The van der Waals surface area contributed by atoms with Crippen molar-refractivity contribution in [1.82, 2.24) is 4.98 Å². The van der Waals surface area contributed by atoms with E-state index in [4.69, 9.17) is 11.6 Å². The van der Waals surface area contributed by atoms with E-state index in [0.29, 0.717) is 5.02 Å². The molecule has 0 unspecified atom stereocenters. The first-order chi connectivity index (χ1) is 10.5. The van der Waals surface area contributed by atoms with E-state index in [-0.39, 0.29) is 23.6 Å². The summed E-state index contributed by atoms with van der Waals surface area (Å²) in [4.78, 5) is 25.8. The van der Waals surface area contributed by atoms with E-state index in [1.807, 2.05) is 6.07 Å². The quantitative estimate of drug-likeness (QED) is 0.516. The van der Waals surface area contributed by atoms with E-state index in [1.54, 1.807) is 18.2 Å². The number of rotatable bonds is 5. The maximum atomic E-state index is 11.4. The highest BCUT2D eigenvalue weighted by Crippen LogP contribution is 2.24. The Morgan fingerprint density at radius 3 is 2.82 bits per heavy atom. The summed E-state index contributed by atoms with van der Waals surface area (Å²) in [5.41, 5.74) is 0.477. The number of pyridine rings is 1. The molecular formula is C14H12ClN3O4. The summed E-state index contributed by atoms with van der Waals surface area (Å²) >= 11 is 6.02. The SMILES string of the molecule is COC(=O)c1cnc(NCc2ccccc2Cl)c([N+](=O)[O-])c1. The van der Waals surface area contributed by atoms with E-state index in [1.165, 1.54) is 13.3 Å². The third-order valence-corrected chi connectivity index (χ3v) is 3.26. The molecule has 0 amide bonds. The van der Waals surface area contributed by atoms with Gasteiger partial charge in [0.1, 0.15) is 0 Å². The molecule has 0 saturated heterocycles. The molecule has 1 aromatic carbocycles. The molecule has 1 heterocycles. The fourth-order valence-corrected chi connectivity index (χ4v) is 1.98. The number of carbonyl (C=O) groups is 1. The minimum absolute atomic E-state index is 0.0116. The Morgan fingerprint density at radius 1 is 1.45 bits per heavy atom. The van der Waals surface area contributed by atoms with Gasteiger partial charge in [-0.1, -0.05) is 29.8 Å². The van der Waals surface area contributed by atoms with Crippen LogP contribution >= 0.6 is 11.6 Å². The lowest BCUT2D eigenvalue weighted by molar-refractivity contribution is -0.384. The van der Waals surface area contributed by atoms with Gasteiger partial charge < -0.3 is 10.1 Å². The zero-order valence-corrected chi connectivity index (χ0v) is 12.3. The molecule has 114 valence electrons. The molecule has 0 atom stereocenters. The van der Waals surface area contributed by atoms with Gasteiger partial charge in [0.05, 0.1) is 17.6 Å². The zero-order chi connectivity index (χ0) is 16.1. The van der Waals surface area contributed by atoms with Gasteiger partial charge in [-0.15, -0.1) is 0 Å². The molecule has 0 saturated carbocycles.